The van der Waals surface area contributed by atoms with Gasteiger partial charge in [-0.05, 0) is 48.6 Å². The zero-order valence-corrected chi connectivity index (χ0v) is 16.1. The number of thioether (sulfide) groups is 1. The first kappa shape index (κ1) is 18.5. The molecule has 0 spiro atoms. The Morgan fingerprint density at radius 2 is 1.96 bits per heavy atom. The lowest BCUT2D eigenvalue weighted by atomic mass is 10.2. The molecule has 0 saturated carbocycles. The highest BCUT2D eigenvalue weighted by Gasteiger charge is 2.06. The molecule has 7 heteroatoms. The molecular formula is C16H15BrClFN2S2. The van der Waals surface area contributed by atoms with E-state index in [2.05, 4.69) is 26.6 Å². The van der Waals surface area contributed by atoms with Crippen molar-refractivity contribution >= 4 is 62.3 Å². The summed E-state index contributed by atoms with van der Waals surface area (Å²) < 4.78 is 14.6. The quantitative estimate of drug-likeness (QED) is 0.466. The van der Waals surface area contributed by atoms with Crippen molar-refractivity contribution in [2.24, 2.45) is 0 Å². The Morgan fingerprint density at radius 1 is 1.22 bits per heavy atom. The van der Waals surface area contributed by atoms with Crippen LogP contribution in [0.25, 0.3) is 0 Å². The van der Waals surface area contributed by atoms with E-state index in [9.17, 15) is 4.39 Å². The van der Waals surface area contributed by atoms with Gasteiger partial charge in [-0.2, -0.15) is 11.8 Å². The zero-order chi connectivity index (χ0) is 16.7. The minimum absolute atomic E-state index is 0.259. The molecule has 0 aliphatic heterocycles. The van der Waals surface area contributed by atoms with Crippen molar-refractivity contribution in [1.82, 2.24) is 5.32 Å². The fraction of sp³-hybridized carbons (Fsp3) is 0.188. The molecule has 0 amide bonds. The first-order valence-corrected chi connectivity index (χ1v) is 9.60. The molecule has 0 unspecified atom stereocenters. The van der Waals surface area contributed by atoms with Crippen LogP contribution >= 0.6 is 51.5 Å². The molecule has 0 bridgehead atoms. The molecule has 23 heavy (non-hydrogen) atoms. The topological polar surface area (TPSA) is 24.1 Å². The van der Waals surface area contributed by atoms with Crippen LogP contribution in [0.5, 0.6) is 0 Å². The second-order valence-electron chi connectivity index (χ2n) is 4.64. The van der Waals surface area contributed by atoms with E-state index in [-0.39, 0.29) is 5.82 Å². The highest BCUT2D eigenvalue weighted by molar-refractivity contribution is 9.10. The molecule has 2 N–H and O–H groups in total. The van der Waals surface area contributed by atoms with Crippen molar-refractivity contribution < 1.29 is 4.39 Å². The Kier molecular flexibility index (Phi) is 7.62. The third-order valence-corrected chi connectivity index (χ3v) is 5.06. The maximum Gasteiger partial charge on any atom is 0.170 e. The molecule has 0 saturated heterocycles. The first-order chi connectivity index (χ1) is 11.1. The van der Waals surface area contributed by atoms with Gasteiger partial charge >= 0.3 is 0 Å². The summed E-state index contributed by atoms with van der Waals surface area (Å²) in [4.78, 5) is 0. The summed E-state index contributed by atoms with van der Waals surface area (Å²) in [5.41, 5.74) is 1.48. The van der Waals surface area contributed by atoms with Gasteiger partial charge in [0.1, 0.15) is 5.82 Å². The molecular weight excluding hydrogens is 419 g/mol. The normalized spacial score (nSPS) is 10.4. The minimum Gasteiger partial charge on any atom is -0.362 e. The monoisotopic (exact) mass is 432 g/mol. The highest BCUT2D eigenvalue weighted by atomic mass is 79.9. The first-order valence-electron chi connectivity index (χ1n) is 6.87. The fourth-order valence-electron chi connectivity index (χ4n) is 1.79. The average molecular weight is 434 g/mol. The Labute approximate surface area is 158 Å². The second kappa shape index (κ2) is 9.47. The van der Waals surface area contributed by atoms with Crippen LogP contribution in [-0.2, 0) is 5.75 Å². The van der Waals surface area contributed by atoms with E-state index in [0.29, 0.717) is 28.0 Å². The van der Waals surface area contributed by atoms with Crippen LogP contribution in [0, 0.1) is 5.82 Å². The Bertz CT molecular complexity index is 647. The van der Waals surface area contributed by atoms with Crippen molar-refractivity contribution in [3.8, 4) is 0 Å². The molecule has 122 valence electrons. The third-order valence-electron chi connectivity index (χ3n) is 2.94. The predicted octanol–water partition coefficient (Wildman–Crippen LogP) is 5.46. The van der Waals surface area contributed by atoms with E-state index in [1.165, 1.54) is 6.07 Å². The van der Waals surface area contributed by atoms with Crippen LogP contribution in [0.2, 0.25) is 5.02 Å². The lowest BCUT2D eigenvalue weighted by Gasteiger charge is -2.11. The summed E-state index contributed by atoms with van der Waals surface area (Å²) in [5.74, 6) is 1.08. The maximum absolute atomic E-state index is 13.6. The number of hydrogen-bond acceptors (Lipinski definition) is 2. The third kappa shape index (κ3) is 6.30. The van der Waals surface area contributed by atoms with Crippen LogP contribution < -0.4 is 10.6 Å². The molecule has 0 aliphatic rings. The predicted molar refractivity (Wildman–Crippen MR) is 106 cm³/mol. The van der Waals surface area contributed by atoms with E-state index in [4.69, 9.17) is 23.8 Å². The largest absolute Gasteiger partial charge is 0.362 e. The van der Waals surface area contributed by atoms with E-state index >= 15 is 0 Å². The number of nitrogens with one attached hydrogen (secondary N) is 2. The molecule has 0 aliphatic carbocycles. The van der Waals surface area contributed by atoms with E-state index in [1.807, 2.05) is 24.3 Å². The van der Waals surface area contributed by atoms with Gasteiger partial charge in [0.05, 0.1) is 0 Å². The van der Waals surface area contributed by atoms with Gasteiger partial charge in [0.15, 0.2) is 5.11 Å². The zero-order valence-electron chi connectivity index (χ0n) is 12.1. The fourth-order valence-corrected chi connectivity index (χ4v) is 3.47. The number of anilines is 1. The SMILES string of the molecule is Fc1cccc(Cl)c1CSCCNC(=S)Nc1ccc(Br)cc1. The minimum atomic E-state index is -0.259. The number of benzene rings is 2. The van der Waals surface area contributed by atoms with Crippen LogP contribution in [-0.4, -0.2) is 17.4 Å². The van der Waals surface area contributed by atoms with Gasteiger partial charge in [0.2, 0.25) is 0 Å². The Morgan fingerprint density at radius 3 is 2.65 bits per heavy atom. The summed E-state index contributed by atoms with van der Waals surface area (Å²) in [6.45, 7) is 0.694. The molecule has 2 aromatic carbocycles. The van der Waals surface area contributed by atoms with Crippen molar-refractivity contribution in [1.29, 1.82) is 0 Å². The molecule has 0 radical (unpaired) electrons. The number of rotatable bonds is 6. The Balaban J connectivity index is 1.67. The van der Waals surface area contributed by atoms with Crippen LogP contribution in [0.4, 0.5) is 10.1 Å². The maximum atomic E-state index is 13.6. The van der Waals surface area contributed by atoms with Gasteiger partial charge in [-0.1, -0.05) is 33.6 Å². The van der Waals surface area contributed by atoms with Crippen LogP contribution in [0.3, 0.4) is 0 Å². The molecule has 0 atom stereocenters. The van der Waals surface area contributed by atoms with E-state index in [1.54, 1.807) is 23.9 Å². The second-order valence-corrected chi connectivity index (χ2v) is 7.48. The summed E-state index contributed by atoms with van der Waals surface area (Å²) in [7, 11) is 0. The number of thiocarbonyl (C=S) groups is 1. The van der Waals surface area contributed by atoms with Crippen LogP contribution in [0.1, 0.15) is 5.56 Å². The number of hydrogen-bond donors (Lipinski definition) is 2. The highest BCUT2D eigenvalue weighted by Crippen LogP contribution is 2.23. The smallest absolute Gasteiger partial charge is 0.170 e. The van der Waals surface area contributed by atoms with Gasteiger partial charge in [-0.25, -0.2) is 4.39 Å². The van der Waals surface area contributed by atoms with E-state index in [0.717, 1.165) is 15.9 Å². The van der Waals surface area contributed by atoms with Crippen molar-refractivity contribution in [3.63, 3.8) is 0 Å². The van der Waals surface area contributed by atoms with Gasteiger partial charge in [0.25, 0.3) is 0 Å². The van der Waals surface area contributed by atoms with Gasteiger partial charge in [0, 0.05) is 38.8 Å². The summed E-state index contributed by atoms with van der Waals surface area (Å²) in [6, 6.07) is 12.5. The number of halogens is 3. The van der Waals surface area contributed by atoms with Crippen molar-refractivity contribution in [2.75, 3.05) is 17.6 Å². The lowest BCUT2D eigenvalue weighted by molar-refractivity contribution is 0.617. The molecule has 2 nitrogen and oxygen atoms in total. The summed E-state index contributed by atoms with van der Waals surface area (Å²) >= 11 is 16.2. The summed E-state index contributed by atoms with van der Waals surface area (Å²) in [5, 5.41) is 7.26. The molecule has 2 rings (SSSR count). The van der Waals surface area contributed by atoms with Gasteiger partial charge in [-0.15, -0.1) is 0 Å². The van der Waals surface area contributed by atoms with Crippen molar-refractivity contribution in [3.05, 3.63) is 63.3 Å². The molecule has 2 aromatic rings. The van der Waals surface area contributed by atoms with E-state index < -0.39 is 0 Å². The van der Waals surface area contributed by atoms with Crippen molar-refractivity contribution in [2.45, 2.75) is 5.75 Å². The molecule has 0 heterocycles. The molecule has 0 fully saturated rings. The van der Waals surface area contributed by atoms with Crippen LogP contribution in [0.15, 0.2) is 46.9 Å². The summed E-state index contributed by atoms with van der Waals surface area (Å²) in [6.07, 6.45) is 0. The van der Waals surface area contributed by atoms with Gasteiger partial charge < -0.3 is 10.6 Å². The lowest BCUT2D eigenvalue weighted by Crippen LogP contribution is -2.30. The average Bonchev–Trinajstić information content (AvgIpc) is 2.52. The van der Waals surface area contributed by atoms with Gasteiger partial charge in [-0.3, -0.25) is 0 Å². The Hall–Kier alpha value is -0.820. The molecule has 0 aromatic heterocycles. The standard InChI is InChI=1S/C16H15BrClFN2S2/c17-11-4-6-12(7-5-11)21-16(22)20-8-9-23-10-13-14(18)2-1-3-15(13)19/h1-7H,8-10H2,(H2,20,21,22).